The van der Waals surface area contributed by atoms with Gasteiger partial charge in [-0.1, -0.05) is 12.1 Å². The van der Waals surface area contributed by atoms with E-state index in [2.05, 4.69) is 29.0 Å². The number of rotatable bonds is 5. The lowest BCUT2D eigenvalue weighted by atomic mass is 10.0. The summed E-state index contributed by atoms with van der Waals surface area (Å²) in [4.78, 5) is 7.90. The molecule has 1 atom stereocenters. The molecule has 21 heavy (non-hydrogen) atoms. The first-order valence-electron chi connectivity index (χ1n) is 7.87. The Morgan fingerprint density at radius 1 is 1.38 bits per heavy atom. The second kappa shape index (κ2) is 6.15. The summed E-state index contributed by atoms with van der Waals surface area (Å²) in [6.07, 6.45) is 3.09. The van der Waals surface area contributed by atoms with Crippen LogP contribution in [0.4, 0.5) is 0 Å². The average molecular weight is 292 g/mol. The summed E-state index contributed by atoms with van der Waals surface area (Å²) in [6.45, 7) is 7.86. The highest BCUT2D eigenvalue weighted by molar-refractivity contribution is 5.85. The number of aromatic nitrogens is 2. The lowest BCUT2D eigenvalue weighted by molar-refractivity contribution is 0.0484. The Morgan fingerprint density at radius 3 is 2.90 bits per heavy atom. The molecule has 0 aromatic carbocycles. The lowest BCUT2D eigenvalue weighted by Crippen LogP contribution is -2.37. The summed E-state index contributed by atoms with van der Waals surface area (Å²) >= 11 is 0. The van der Waals surface area contributed by atoms with Crippen LogP contribution in [0.15, 0.2) is 5.16 Å². The van der Waals surface area contributed by atoms with Crippen LogP contribution in [0.5, 0.6) is 0 Å². The maximum Gasteiger partial charge on any atom is 0.145 e. The fourth-order valence-corrected chi connectivity index (χ4v) is 3.24. The van der Waals surface area contributed by atoms with Crippen LogP contribution in [0.1, 0.15) is 43.6 Å². The third-order valence-electron chi connectivity index (χ3n) is 4.41. The van der Waals surface area contributed by atoms with Gasteiger partial charge in [0.25, 0.3) is 0 Å². The van der Waals surface area contributed by atoms with E-state index < -0.39 is 0 Å². The molecule has 3 rings (SSSR count). The zero-order valence-corrected chi connectivity index (χ0v) is 12.9. The molecule has 3 heterocycles. The van der Waals surface area contributed by atoms with Gasteiger partial charge >= 0.3 is 0 Å². The van der Waals surface area contributed by atoms with Gasteiger partial charge in [0, 0.05) is 50.3 Å². The molecule has 0 spiro atoms. The predicted molar refractivity (Wildman–Crippen MR) is 80.0 cm³/mol. The largest absolute Gasteiger partial charge is 0.391 e. The molecule has 1 aromatic rings. The standard InChI is InChI=1S/C15H24N4O2/c1-3-11-7-12(21-17-11)8-18-6-5-15-13(9-18)14(10-20)16-19(15)4-2/h12,20H,3-10H2,1-2H3. The molecule has 1 N–H and O–H groups in total. The van der Waals surface area contributed by atoms with Crippen molar-refractivity contribution >= 4 is 5.71 Å². The third-order valence-corrected chi connectivity index (χ3v) is 4.41. The molecule has 0 saturated heterocycles. The number of fused-ring (bicyclic) bond motifs is 1. The predicted octanol–water partition coefficient (Wildman–Crippen LogP) is 1.31. The van der Waals surface area contributed by atoms with Crippen molar-refractivity contribution in [2.45, 2.75) is 58.9 Å². The van der Waals surface area contributed by atoms with Crippen molar-refractivity contribution in [3.8, 4) is 0 Å². The van der Waals surface area contributed by atoms with Gasteiger partial charge in [-0.05, 0) is 13.3 Å². The SMILES string of the molecule is CCC1=NOC(CN2CCc3c(c(CO)nn3CC)C2)C1. The molecule has 2 aliphatic rings. The average Bonchev–Trinajstić information content (AvgIpc) is 3.10. The molecule has 0 amide bonds. The zero-order chi connectivity index (χ0) is 14.8. The fourth-order valence-electron chi connectivity index (χ4n) is 3.24. The van der Waals surface area contributed by atoms with E-state index in [1.165, 1.54) is 11.3 Å². The number of aryl methyl sites for hydroxylation is 1. The highest BCUT2D eigenvalue weighted by Crippen LogP contribution is 2.24. The van der Waals surface area contributed by atoms with E-state index in [4.69, 9.17) is 4.84 Å². The molecule has 0 fully saturated rings. The van der Waals surface area contributed by atoms with Crippen LogP contribution >= 0.6 is 0 Å². The van der Waals surface area contributed by atoms with E-state index >= 15 is 0 Å². The summed E-state index contributed by atoms with van der Waals surface area (Å²) in [6, 6.07) is 0. The Kier molecular flexibility index (Phi) is 4.26. The number of hydrogen-bond acceptors (Lipinski definition) is 5. The van der Waals surface area contributed by atoms with Crippen LogP contribution < -0.4 is 0 Å². The van der Waals surface area contributed by atoms with E-state index in [1.807, 2.05) is 4.68 Å². The molecule has 0 bridgehead atoms. The van der Waals surface area contributed by atoms with Gasteiger partial charge in [0.1, 0.15) is 6.10 Å². The summed E-state index contributed by atoms with van der Waals surface area (Å²) in [7, 11) is 0. The van der Waals surface area contributed by atoms with Gasteiger partial charge in [-0.25, -0.2) is 0 Å². The molecule has 0 saturated carbocycles. The molecule has 1 unspecified atom stereocenters. The van der Waals surface area contributed by atoms with E-state index in [0.29, 0.717) is 0 Å². The minimum Gasteiger partial charge on any atom is -0.391 e. The molecule has 116 valence electrons. The molecule has 6 heteroatoms. The van der Waals surface area contributed by atoms with Crippen LogP contribution in [-0.2, 0) is 31.0 Å². The van der Waals surface area contributed by atoms with E-state index in [9.17, 15) is 5.11 Å². The van der Waals surface area contributed by atoms with Crippen LogP contribution in [0.3, 0.4) is 0 Å². The number of nitrogens with zero attached hydrogens (tertiary/aromatic N) is 4. The van der Waals surface area contributed by atoms with Crippen LogP contribution in [0, 0.1) is 0 Å². The van der Waals surface area contributed by atoms with E-state index in [0.717, 1.165) is 56.8 Å². The second-order valence-corrected chi connectivity index (χ2v) is 5.77. The third kappa shape index (κ3) is 2.82. The van der Waals surface area contributed by atoms with Crippen molar-refractivity contribution < 1.29 is 9.94 Å². The first-order valence-corrected chi connectivity index (χ1v) is 7.87. The number of aliphatic hydroxyl groups excluding tert-OH is 1. The van der Waals surface area contributed by atoms with E-state index in [-0.39, 0.29) is 12.7 Å². The molecular weight excluding hydrogens is 268 g/mol. The monoisotopic (exact) mass is 292 g/mol. The van der Waals surface area contributed by atoms with Gasteiger partial charge in [-0.3, -0.25) is 9.58 Å². The first-order chi connectivity index (χ1) is 10.2. The fraction of sp³-hybridized carbons (Fsp3) is 0.733. The number of oxime groups is 1. The molecule has 2 aliphatic heterocycles. The summed E-state index contributed by atoms with van der Waals surface area (Å²) in [5.74, 6) is 0. The van der Waals surface area contributed by atoms with Crippen molar-refractivity contribution in [3.05, 3.63) is 17.0 Å². The van der Waals surface area contributed by atoms with E-state index in [1.54, 1.807) is 0 Å². The molecular formula is C15H24N4O2. The van der Waals surface area contributed by atoms with Gasteiger partial charge in [0.15, 0.2) is 0 Å². The topological polar surface area (TPSA) is 62.9 Å². The number of hydrogen-bond donors (Lipinski definition) is 1. The summed E-state index contributed by atoms with van der Waals surface area (Å²) in [5.41, 5.74) is 4.48. The Bertz CT molecular complexity index is 538. The first kappa shape index (κ1) is 14.5. The van der Waals surface area contributed by atoms with Crippen molar-refractivity contribution in [1.29, 1.82) is 0 Å². The molecule has 6 nitrogen and oxygen atoms in total. The van der Waals surface area contributed by atoms with Crippen molar-refractivity contribution in [1.82, 2.24) is 14.7 Å². The Balaban J connectivity index is 1.66. The lowest BCUT2D eigenvalue weighted by Gasteiger charge is -2.29. The van der Waals surface area contributed by atoms with Gasteiger partial charge < -0.3 is 9.94 Å². The normalized spacial score (nSPS) is 22.0. The van der Waals surface area contributed by atoms with Crippen LogP contribution in [0.25, 0.3) is 0 Å². The second-order valence-electron chi connectivity index (χ2n) is 5.77. The van der Waals surface area contributed by atoms with Crippen molar-refractivity contribution in [2.75, 3.05) is 13.1 Å². The maximum absolute atomic E-state index is 9.50. The van der Waals surface area contributed by atoms with Gasteiger partial charge in [-0.2, -0.15) is 5.10 Å². The molecule has 0 aliphatic carbocycles. The minimum atomic E-state index is 0.0200. The summed E-state index contributed by atoms with van der Waals surface area (Å²) in [5, 5.41) is 18.1. The van der Waals surface area contributed by atoms with Crippen LogP contribution in [-0.4, -0.2) is 44.7 Å². The van der Waals surface area contributed by atoms with Gasteiger partial charge in [-0.15, -0.1) is 0 Å². The van der Waals surface area contributed by atoms with Crippen molar-refractivity contribution in [3.63, 3.8) is 0 Å². The quantitative estimate of drug-likeness (QED) is 0.889. The molecule has 1 aromatic heterocycles. The smallest absolute Gasteiger partial charge is 0.145 e. The zero-order valence-electron chi connectivity index (χ0n) is 12.9. The van der Waals surface area contributed by atoms with Crippen molar-refractivity contribution in [2.24, 2.45) is 5.16 Å². The Hall–Kier alpha value is -1.40. The minimum absolute atomic E-state index is 0.0200. The highest BCUT2D eigenvalue weighted by Gasteiger charge is 2.28. The maximum atomic E-state index is 9.50. The van der Waals surface area contributed by atoms with Gasteiger partial charge in [0.05, 0.1) is 18.0 Å². The summed E-state index contributed by atoms with van der Waals surface area (Å²) < 4.78 is 2.03. The number of aliphatic hydroxyl groups is 1. The van der Waals surface area contributed by atoms with Gasteiger partial charge in [0.2, 0.25) is 0 Å². The highest BCUT2D eigenvalue weighted by atomic mass is 16.6. The molecule has 0 radical (unpaired) electrons. The Morgan fingerprint density at radius 2 is 2.24 bits per heavy atom. The van der Waals surface area contributed by atoms with Crippen LogP contribution in [0.2, 0.25) is 0 Å². The Labute approximate surface area is 125 Å².